The van der Waals surface area contributed by atoms with Crippen molar-refractivity contribution in [1.82, 2.24) is 20.5 Å². The number of fused-ring (bicyclic) bond motifs is 2. The maximum Gasteiger partial charge on any atom is 0.253 e. The normalized spacial score (nSPS) is 23.8. The van der Waals surface area contributed by atoms with Crippen molar-refractivity contribution < 1.29 is 14.4 Å². The summed E-state index contributed by atoms with van der Waals surface area (Å²) in [7, 11) is 2.03. The van der Waals surface area contributed by atoms with Gasteiger partial charge < -0.3 is 26.2 Å². The Balaban J connectivity index is 1.21. The molecule has 0 spiro atoms. The van der Waals surface area contributed by atoms with E-state index in [1.54, 1.807) is 25.3 Å². The lowest BCUT2D eigenvalue weighted by atomic mass is 9.95. The van der Waals surface area contributed by atoms with E-state index >= 15 is 0 Å². The number of amides is 3. The van der Waals surface area contributed by atoms with Crippen molar-refractivity contribution in [2.75, 3.05) is 25.0 Å². The monoisotopic (exact) mass is 490 g/mol. The Labute approximate surface area is 211 Å². The van der Waals surface area contributed by atoms with Crippen LogP contribution in [0.3, 0.4) is 0 Å². The molecule has 3 atom stereocenters. The number of likely N-dealkylation sites (tertiary alicyclic amines) is 1. The summed E-state index contributed by atoms with van der Waals surface area (Å²) in [5.74, 6) is 0.210. The average molecular weight is 491 g/mol. The zero-order chi connectivity index (χ0) is 25.6. The number of pyridine rings is 1. The molecule has 4 N–H and O–H groups in total. The summed E-state index contributed by atoms with van der Waals surface area (Å²) in [4.78, 5) is 46.3. The molecule has 1 unspecified atom stereocenters. The molecule has 0 aliphatic carbocycles. The predicted octanol–water partition coefficient (Wildman–Crippen LogP) is 1.77. The van der Waals surface area contributed by atoms with Crippen molar-refractivity contribution >= 4 is 23.5 Å². The zero-order valence-corrected chi connectivity index (χ0v) is 21.1. The number of hydrogen-bond acceptors (Lipinski definition) is 6. The number of aromatic nitrogens is 1. The molecular weight excluding hydrogens is 456 g/mol. The van der Waals surface area contributed by atoms with Gasteiger partial charge in [0.15, 0.2) is 0 Å². The van der Waals surface area contributed by atoms with Gasteiger partial charge in [-0.2, -0.15) is 0 Å². The maximum absolute atomic E-state index is 13.1. The molecule has 4 heterocycles. The molecule has 2 aromatic rings. The number of anilines is 1. The summed E-state index contributed by atoms with van der Waals surface area (Å²) in [5, 5.41) is 6.27. The van der Waals surface area contributed by atoms with Gasteiger partial charge in [0.2, 0.25) is 5.91 Å². The van der Waals surface area contributed by atoms with Gasteiger partial charge in [-0.1, -0.05) is 0 Å². The van der Waals surface area contributed by atoms with E-state index in [1.807, 2.05) is 26.1 Å². The number of benzene rings is 1. The molecule has 3 aliphatic rings. The third-order valence-corrected chi connectivity index (χ3v) is 7.82. The second kappa shape index (κ2) is 9.54. The highest BCUT2D eigenvalue weighted by atomic mass is 16.2. The highest BCUT2D eigenvalue weighted by molar-refractivity contribution is 5.99. The van der Waals surface area contributed by atoms with Crippen molar-refractivity contribution in [1.29, 1.82) is 0 Å². The summed E-state index contributed by atoms with van der Waals surface area (Å²) in [6.07, 6.45) is 5.47. The second-order valence-corrected chi connectivity index (χ2v) is 10.6. The molecule has 36 heavy (non-hydrogen) atoms. The van der Waals surface area contributed by atoms with Gasteiger partial charge in [0, 0.05) is 48.5 Å². The number of likely N-dealkylation sites (N-methyl/N-ethyl adjacent to an activating group) is 1. The minimum atomic E-state index is -0.486. The average Bonchev–Trinajstić information content (AvgIpc) is 3.09. The molecule has 5 rings (SSSR count). The number of hydrogen-bond donors (Lipinski definition) is 3. The molecule has 3 amide bonds. The second-order valence-electron chi connectivity index (χ2n) is 10.6. The van der Waals surface area contributed by atoms with Gasteiger partial charge in [0.1, 0.15) is 5.82 Å². The molecule has 9 heteroatoms. The van der Waals surface area contributed by atoms with Crippen LogP contribution < -0.4 is 21.3 Å². The van der Waals surface area contributed by atoms with Crippen LogP contribution in [0.15, 0.2) is 30.5 Å². The molecule has 0 saturated carbocycles. The van der Waals surface area contributed by atoms with Gasteiger partial charge >= 0.3 is 0 Å². The Morgan fingerprint density at radius 2 is 1.53 bits per heavy atom. The molecule has 190 valence electrons. The highest BCUT2D eigenvalue weighted by Gasteiger charge is 2.42. The lowest BCUT2D eigenvalue weighted by Gasteiger charge is -2.40. The van der Waals surface area contributed by atoms with Crippen LogP contribution in [0.5, 0.6) is 0 Å². The van der Waals surface area contributed by atoms with Crippen molar-refractivity contribution in [2.45, 2.75) is 63.7 Å². The minimum absolute atomic E-state index is 0.0763. The van der Waals surface area contributed by atoms with E-state index in [0.29, 0.717) is 34.3 Å². The quantitative estimate of drug-likeness (QED) is 0.568. The highest BCUT2D eigenvalue weighted by Crippen LogP contribution is 2.38. The van der Waals surface area contributed by atoms with Crippen LogP contribution >= 0.6 is 0 Å². The number of nitrogens with one attached hydrogen (secondary N) is 2. The Hall–Kier alpha value is -3.46. The lowest BCUT2D eigenvalue weighted by molar-refractivity contribution is 0.0856. The van der Waals surface area contributed by atoms with Crippen LogP contribution in [0.25, 0.3) is 0 Å². The fourth-order valence-corrected chi connectivity index (χ4v) is 5.99. The number of nitrogens with zero attached hydrogens (tertiary/aromatic N) is 3. The fraction of sp³-hybridized carbons (Fsp3) is 0.481. The van der Waals surface area contributed by atoms with E-state index in [9.17, 15) is 14.4 Å². The Morgan fingerprint density at radius 1 is 0.917 bits per heavy atom. The third-order valence-electron chi connectivity index (χ3n) is 7.82. The number of nitrogens with two attached hydrogens (primary N) is 1. The Bertz CT molecular complexity index is 1180. The molecule has 0 radical (unpaired) electrons. The molecular formula is C27H34N6O3. The molecule has 3 saturated heterocycles. The van der Waals surface area contributed by atoms with Crippen LogP contribution in [0.1, 0.15) is 67.9 Å². The van der Waals surface area contributed by atoms with Crippen molar-refractivity contribution in [2.24, 2.45) is 5.73 Å². The smallest absolute Gasteiger partial charge is 0.253 e. The van der Waals surface area contributed by atoms with Crippen LogP contribution in [0, 0.1) is 13.8 Å². The maximum atomic E-state index is 13.1. The van der Waals surface area contributed by atoms with E-state index in [2.05, 4.69) is 25.4 Å². The predicted molar refractivity (Wildman–Crippen MR) is 137 cm³/mol. The molecule has 3 fully saturated rings. The van der Waals surface area contributed by atoms with E-state index in [1.165, 1.54) is 0 Å². The summed E-state index contributed by atoms with van der Waals surface area (Å²) >= 11 is 0. The van der Waals surface area contributed by atoms with E-state index in [-0.39, 0.29) is 23.9 Å². The molecule has 9 nitrogen and oxygen atoms in total. The fourth-order valence-electron chi connectivity index (χ4n) is 5.99. The standard InChI is InChI=1S/C27H34N6O3/c1-15-9-23(16(2)8-22(15)25(28)34)27(36)30-18-10-20-5-6-21(11-18)33(20)24-7-4-17(12-29-24)26(35)31-19-13-32(3)14-19/h4,7-9,12,18-21H,5-6,10-11,13-14H2,1-3H3,(H2,28,34)(H,30,36)(H,31,35)/t18?,20-,21+. The molecule has 2 bridgehead atoms. The molecule has 1 aromatic heterocycles. The Kier molecular flexibility index (Phi) is 6.42. The summed E-state index contributed by atoms with van der Waals surface area (Å²) in [6, 6.07) is 8.12. The first kappa shape index (κ1) is 24.2. The number of carbonyl (C=O) groups is 3. The first-order chi connectivity index (χ1) is 17.2. The number of piperidine rings is 1. The van der Waals surface area contributed by atoms with Crippen LogP contribution in [-0.2, 0) is 0 Å². The van der Waals surface area contributed by atoms with Crippen LogP contribution in [-0.4, -0.2) is 71.9 Å². The minimum Gasteiger partial charge on any atom is -0.366 e. The van der Waals surface area contributed by atoms with E-state index in [0.717, 1.165) is 50.2 Å². The lowest BCUT2D eigenvalue weighted by Crippen LogP contribution is -2.57. The summed E-state index contributed by atoms with van der Waals surface area (Å²) in [5.41, 5.74) is 8.49. The number of primary amides is 1. The SMILES string of the molecule is Cc1cc(C(=O)NC2C[C@H]3CC[C@@H](C2)N3c2ccc(C(=O)NC3CN(C)C3)cn2)c(C)cc1C(N)=O. The van der Waals surface area contributed by atoms with Crippen molar-refractivity contribution in [3.8, 4) is 0 Å². The summed E-state index contributed by atoms with van der Waals surface area (Å²) in [6.45, 7) is 5.38. The van der Waals surface area contributed by atoms with Crippen LogP contribution in [0.2, 0.25) is 0 Å². The van der Waals surface area contributed by atoms with Gasteiger partial charge in [0.25, 0.3) is 11.8 Å². The van der Waals surface area contributed by atoms with Crippen molar-refractivity contribution in [3.05, 3.63) is 58.3 Å². The van der Waals surface area contributed by atoms with Gasteiger partial charge in [-0.15, -0.1) is 0 Å². The third kappa shape index (κ3) is 4.67. The summed E-state index contributed by atoms with van der Waals surface area (Å²) < 4.78 is 0. The zero-order valence-electron chi connectivity index (χ0n) is 21.1. The van der Waals surface area contributed by atoms with E-state index < -0.39 is 5.91 Å². The largest absolute Gasteiger partial charge is 0.366 e. The molecule has 3 aliphatic heterocycles. The van der Waals surface area contributed by atoms with Gasteiger partial charge in [-0.3, -0.25) is 14.4 Å². The Morgan fingerprint density at radius 3 is 2.11 bits per heavy atom. The van der Waals surface area contributed by atoms with Gasteiger partial charge in [0.05, 0.1) is 11.6 Å². The first-order valence-electron chi connectivity index (χ1n) is 12.6. The number of aryl methyl sites for hydroxylation is 2. The van der Waals surface area contributed by atoms with Gasteiger partial charge in [-0.05, 0) is 82.0 Å². The first-order valence-corrected chi connectivity index (χ1v) is 12.6. The van der Waals surface area contributed by atoms with Crippen molar-refractivity contribution in [3.63, 3.8) is 0 Å². The topological polar surface area (TPSA) is 121 Å². The van der Waals surface area contributed by atoms with Gasteiger partial charge in [-0.25, -0.2) is 4.98 Å². The number of rotatable bonds is 6. The molecule has 1 aromatic carbocycles. The number of carbonyl (C=O) groups excluding carboxylic acids is 3. The van der Waals surface area contributed by atoms with E-state index in [4.69, 9.17) is 5.73 Å². The van der Waals surface area contributed by atoms with Crippen LogP contribution in [0.4, 0.5) is 5.82 Å².